The normalized spacial score (nSPS) is 12.6. The number of esters is 1. The van der Waals surface area contributed by atoms with Crippen molar-refractivity contribution in [1.29, 1.82) is 0 Å². The first-order valence-electron chi connectivity index (χ1n) is 12.2. The van der Waals surface area contributed by atoms with E-state index in [-0.39, 0.29) is 13.2 Å². The lowest BCUT2D eigenvalue weighted by molar-refractivity contribution is -0.139. The Bertz CT molecular complexity index is 926. The van der Waals surface area contributed by atoms with Crippen molar-refractivity contribution in [3.63, 3.8) is 0 Å². The summed E-state index contributed by atoms with van der Waals surface area (Å²) >= 11 is 0. The van der Waals surface area contributed by atoms with Gasteiger partial charge in [0.2, 0.25) is 0 Å². The lowest BCUT2D eigenvalue weighted by atomic mass is 9.96. The molecule has 36 heavy (non-hydrogen) atoms. The molecule has 1 N–H and O–H groups in total. The van der Waals surface area contributed by atoms with Crippen molar-refractivity contribution in [2.45, 2.75) is 34.6 Å². The number of aryl methyl sites for hydroxylation is 1. The molecule has 0 radical (unpaired) electrons. The summed E-state index contributed by atoms with van der Waals surface area (Å²) in [7, 11) is 1.70. The zero-order chi connectivity index (χ0) is 26.8. The van der Waals surface area contributed by atoms with Crippen molar-refractivity contribution in [2.75, 3.05) is 60.0 Å². The predicted molar refractivity (Wildman–Crippen MR) is 143 cm³/mol. The van der Waals surface area contributed by atoms with Gasteiger partial charge in [-0.25, -0.2) is 4.79 Å². The van der Waals surface area contributed by atoms with E-state index < -0.39 is 5.97 Å². The Kier molecular flexibility index (Phi) is 16.1. The summed E-state index contributed by atoms with van der Waals surface area (Å²) in [6.07, 6.45) is 11.4. The number of aliphatic hydroxyl groups is 1. The van der Waals surface area contributed by atoms with Crippen molar-refractivity contribution in [1.82, 2.24) is 0 Å². The van der Waals surface area contributed by atoms with Gasteiger partial charge < -0.3 is 28.8 Å². The predicted octanol–water partition coefficient (Wildman–Crippen LogP) is 4.67. The minimum atomic E-state index is -0.403. The van der Waals surface area contributed by atoms with E-state index in [9.17, 15) is 4.79 Å². The highest BCUT2D eigenvalue weighted by molar-refractivity contribution is 5.83. The summed E-state index contributed by atoms with van der Waals surface area (Å²) in [5.74, 6) is 0.507. The van der Waals surface area contributed by atoms with Crippen LogP contribution < -0.4 is 4.74 Å². The molecule has 0 aromatic heterocycles. The number of carbonyl (C=O) groups excluding carboxylic acids is 1. The van der Waals surface area contributed by atoms with Crippen LogP contribution in [-0.2, 0) is 23.7 Å². The molecule has 0 saturated heterocycles. The first kappa shape index (κ1) is 31.3. The maximum atomic E-state index is 11.9. The minimum Gasteiger partial charge on any atom is -0.496 e. The highest BCUT2D eigenvalue weighted by Gasteiger charge is 2.08. The van der Waals surface area contributed by atoms with E-state index in [0.717, 1.165) is 22.5 Å². The smallest absolute Gasteiger partial charge is 0.331 e. The zero-order valence-corrected chi connectivity index (χ0v) is 22.6. The average molecular weight is 503 g/mol. The van der Waals surface area contributed by atoms with Crippen LogP contribution in [0.4, 0.5) is 0 Å². The summed E-state index contributed by atoms with van der Waals surface area (Å²) in [5, 5.41) is 8.58. The molecule has 0 aliphatic rings. The Hall–Kier alpha value is -2.71. The molecule has 0 aliphatic carbocycles. The van der Waals surface area contributed by atoms with Crippen LogP contribution >= 0.6 is 0 Å². The van der Waals surface area contributed by atoms with Gasteiger partial charge in [-0.3, -0.25) is 0 Å². The van der Waals surface area contributed by atoms with Crippen LogP contribution in [0.25, 0.3) is 6.08 Å². The summed E-state index contributed by atoms with van der Waals surface area (Å²) in [4.78, 5) is 11.9. The topological polar surface area (TPSA) is 83.5 Å². The first-order valence-corrected chi connectivity index (χ1v) is 12.2. The van der Waals surface area contributed by atoms with Gasteiger partial charge >= 0.3 is 5.97 Å². The Labute approximate surface area is 216 Å². The third-order valence-corrected chi connectivity index (χ3v) is 5.36. The van der Waals surface area contributed by atoms with Gasteiger partial charge in [0.05, 0.1) is 53.4 Å². The number of carbonyl (C=O) groups is 1. The second-order valence-corrected chi connectivity index (χ2v) is 8.28. The summed E-state index contributed by atoms with van der Waals surface area (Å²) in [6.45, 7) is 12.7. The van der Waals surface area contributed by atoms with Crippen LogP contribution in [0.1, 0.15) is 36.1 Å². The Morgan fingerprint density at radius 1 is 0.861 bits per heavy atom. The van der Waals surface area contributed by atoms with E-state index in [1.54, 1.807) is 7.11 Å². The van der Waals surface area contributed by atoms with Gasteiger partial charge in [0.25, 0.3) is 0 Å². The van der Waals surface area contributed by atoms with Gasteiger partial charge in [-0.05, 0) is 68.5 Å². The Morgan fingerprint density at radius 3 is 2.08 bits per heavy atom. The van der Waals surface area contributed by atoms with Gasteiger partial charge in [-0.2, -0.15) is 0 Å². The molecule has 1 rings (SSSR count). The van der Waals surface area contributed by atoms with E-state index in [0.29, 0.717) is 39.6 Å². The first-order chi connectivity index (χ1) is 17.3. The highest BCUT2D eigenvalue weighted by atomic mass is 16.6. The fraction of sp³-hybridized carbons (Fsp3) is 0.483. The van der Waals surface area contributed by atoms with Crippen LogP contribution in [0.5, 0.6) is 5.75 Å². The van der Waals surface area contributed by atoms with Crippen LogP contribution in [0.3, 0.4) is 0 Å². The number of aliphatic hydroxyl groups excluding tert-OH is 1. The molecule has 0 amide bonds. The van der Waals surface area contributed by atoms with Gasteiger partial charge in [-0.1, -0.05) is 36.0 Å². The van der Waals surface area contributed by atoms with E-state index >= 15 is 0 Å². The van der Waals surface area contributed by atoms with Crippen molar-refractivity contribution >= 4 is 12.0 Å². The molecule has 7 nitrogen and oxygen atoms in total. The van der Waals surface area contributed by atoms with Crippen molar-refractivity contribution in [3.05, 3.63) is 69.8 Å². The van der Waals surface area contributed by atoms with Gasteiger partial charge in [-0.15, -0.1) is 0 Å². The molecule has 0 unspecified atom stereocenters. The molecule has 0 heterocycles. The molecule has 0 saturated carbocycles. The number of ether oxygens (including phenoxy) is 5. The van der Waals surface area contributed by atoms with Crippen LogP contribution in [0.2, 0.25) is 0 Å². The van der Waals surface area contributed by atoms with E-state index in [4.69, 9.17) is 28.8 Å². The molecule has 200 valence electrons. The van der Waals surface area contributed by atoms with Crippen molar-refractivity contribution < 1.29 is 33.6 Å². The largest absolute Gasteiger partial charge is 0.496 e. The third kappa shape index (κ3) is 12.8. The lowest BCUT2D eigenvalue weighted by Crippen LogP contribution is -2.13. The zero-order valence-electron chi connectivity index (χ0n) is 22.6. The molecule has 0 atom stereocenters. The second kappa shape index (κ2) is 18.5. The average Bonchev–Trinajstić information content (AvgIpc) is 2.84. The quantitative estimate of drug-likeness (QED) is 0.143. The highest BCUT2D eigenvalue weighted by Crippen LogP contribution is 2.28. The fourth-order valence-corrected chi connectivity index (χ4v) is 3.24. The molecular weight excluding hydrogens is 460 g/mol. The van der Waals surface area contributed by atoms with Crippen molar-refractivity contribution in [3.8, 4) is 5.75 Å². The maximum Gasteiger partial charge on any atom is 0.331 e. The minimum absolute atomic E-state index is 0.00645. The molecule has 0 spiro atoms. The molecule has 7 heteroatoms. The molecule has 1 aromatic carbocycles. The van der Waals surface area contributed by atoms with E-state index in [2.05, 4.69) is 39.0 Å². The number of hydrogen-bond donors (Lipinski definition) is 1. The van der Waals surface area contributed by atoms with Crippen LogP contribution in [0, 0.1) is 20.8 Å². The molecule has 0 bridgehead atoms. The Morgan fingerprint density at radius 2 is 1.47 bits per heavy atom. The van der Waals surface area contributed by atoms with Crippen LogP contribution in [0.15, 0.2) is 47.6 Å². The number of methoxy groups -OCH3 is 1. The summed E-state index contributed by atoms with van der Waals surface area (Å²) < 4.78 is 26.3. The summed E-state index contributed by atoms with van der Waals surface area (Å²) in [6, 6.07) is 2.06. The third-order valence-electron chi connectivity index (χ3n) is 5.36. The van der Waals surface area contributed by atoms with Crippen LogP contribution in [-0.4, -0.2) is 71.0 Å². The van der Waals surface area contributed by atoms with E-state index in [1.165, 1.54) is 22.8 Å². The molecule has 1 aromatic rings. The lowest BCUT2D eigenvalue weighted by Gasteiger charge is -2.13. The molecular formula is C29H42O7. The standard InChI is InChI=1S/C29H42O7/c1-22(10-11-27-24(3)21-28(32-6)26(5)25(27)4)8-7-9-23(2)20-29(31)36-19-18-35-17-16-34-15-14-33-13-12-30/h7-11,20-21,30H,12-19H2,1-6H3. The monoisotopic (exact) mass is 502 g/mol. The Balaban J connectivity index is 2.38. The molecule has 0 fully saturated rings. The fourth-order valence-electron chi connectivity index (χ4n) is 3.24. The molecule has 0 aliphatic heterocycles. The maximum absolute atomic E-state index is 11.9. The van der Waals surface area contributed by atoms with Crippen molar-refractivity contribution in [2.24, 2.45) is 0 Å². The van der Waals surface area contributed by atoms with E-state index in [1.807, 2.05) is 32.1 Å². The van der Waals surface area contributed by atoms with Gasteiger partial charge in [0.1, 0.15) is 12.4 Å². The van der Waals surface area contributed by atoms with Gasteiger partial charge in [0.15, 0.2) is 0 Å². The number of rotatable bonds is 17. The second-order valence-electron chi connectivity index (χ2n) is 8.28. The SMILES string of the molecule is COc1cc(C)c(C=CC(C)=CC=CC(C)=CC(=O)OCCOCCOCCOCCO)c(C)c1C. The number of benzene rings is 1. The number of hydrogen-bond acceptors (Lipinski definition) is 7. The summed E-state index contributed by atoms with van der Waals surface area (Å²) in [5.41, 5.74) is 6.61. The van der Waals surface area contributed by atoms with Gasteiger partial charge in [0, 0.05) is 6.08 Å². The number of allylic oxidation sites excluding steroid dienone is 6.